The minimum absolute atomic E-state index is 0.279. The molecule has 0 radical (unpaired) electrons. The van der Waals surface area contributed by atoms with Crippen LogP contribution in [0.15, 0.2) is 48.5 Å². The average molecular weight is 511 g/mol. The van der Waals surface area contributed by atoms with Crippen molar-refractivity contribution < 1.29 is 23.8 Å². The van der Waals surface area contributed by atoms with Crippen LogP contribution in [0.3, 0.4) is 0 Å². The predicted molar refractivity (Wildman–Crippen MR) is 119 cm³/mol. The van der Waals surface area contributed by atoms with Gasteiger partial charge in [-0.2, -0.15) is 0 Å². The lowest BCUT2D eigenvalue weighted by Crippen LogP contribution is -2.45. The number of hydrogen-bond donors (Lipinski definition) is 1. The fourth-order valence-electron chi connectivity index (χ4n) is 2.54. The summed E-state index contributed by atoms with van der Waals surface area (Å²) < 4.78 is 16.9. The predicted octanol–water partition coefficient (Wildman–Crippen LogP) is 4.48. The van der Waals surface area contributed by atoms with Gasteiger partial charge in [0.15, 0.2) is 0 Å². The second-order valence-corrected chi connectivity index (χ2v) is 8.63. The second-order valence-electron chi connectivity index (χ2n) is 7.47. The Morgan fingerprint density at radius 1 is 1.07 bits per heavy atom. The summed E-state index contributed by atoms with van der Waals surface area (Å²) in [6.45, 7) is 5.75. The Morgan fingerprint density at radius 2 is 1.76 bits per heavy atom. The minimum atomic E-state index is -0.846. The Hall–Kier alpha value is -2.29. The molecule has 7 heteroatoms. The van der Waals surface area contributed by atoms with Gasteiger partial charge in [-0.3, -0.25) is 0 Å². The first-order valence-electron chi connectivity index (χ1n) is 9.20. The molecule has 1 amide bonds. The van der Waals surface area contributed by atoms with Gasteiger partial charge < -0.3 is 19.5 Å². The van der Waals surface area contributed by atoms with E-state index in [0.717, 1.165) is 20.4 Å². The third-order valence-corrected chi connectivity index (χ3v) is 4.69. The van der Waals surface area contributed by atoms with Gasteiger partial charge in [-0.15, -0.1) is 0 Å². The first kappa shape index (κ1) is 23.0. The van der Waals surface area contributed by atoms with Crippen LogP contribution in [0.4, 0.5) is 4.79 Å². The highest BCUT2D eigenvalue weighted by atomic mass is 127. The van der Waals surface area contributed by atoms with Crippen LogP contribution >= 0.6 is 22.6 Å². The molecule has 0 heterocycles. The van der Waals surface area contributed by atoms with E-state index in [4.69, 9.17) is 14.2 Å². The van der Waals surface area contributed by atoms with Crippen molar-refractivity contribution in [3.8, 4) is 5.75 Å². The van der Waals surface area contributed by atoms with E-state index in [1.165, 1.54) is 7.11 Å². The fraction of sp³-hybridized carbons (Fsp3) is 0.364. The van der Waals surface area contributed by atoms with Crippen LogP contribution in [0.2, 0.25) is 0 Å². The van der Waals surface area contributed by atoms with E-state index in [1.807, 2.05) is 48.5 Å². The highest BCUT2D eigenvalue weighted by Gasteiger charge is 2.25. The number of hydrogen-bond acceptors (Lipinski definition) is 5. The summed E-state index contributed by atoms with van der Waals surface area (Å²) in [5.41, 5.74) is 1.30. The topological polar surface area (TPSA) is 73.9 Å². The molecule has 2 aromatic rings. The molecule has 0 saturated carbocycles. The number of ether oxygens (including phenoxy) is 3. The van der Waals surface area contributed by atoms with Crippen molar-refractivity contribution in [2.45, 2.75) is 45.4 Å². The SMILES string of the molecule is COC(=O)[C@H](Cc1ccc(OCc2ccccc2)c(I)c1)NC(=O)OC(C)(C)C. The van der Waals surface area contributed by atoms with Gasteiger partial charge in [0.2, 0.25) is 0 Å². The van der Waals surface area contributed by atoms with Crippen LogP contribution in [0.25, 0.3) is 0 Å². The quantitative estimate of drug-likeness (QED) is 0.439. The van der Waals surface area contributed by atoms with Gasteiger partial charge in [0.05, 0.1) is 10.7 Å². The molecular weight excluding hydrogens is 485 g/mol. The molecule has 1 N–H and O–H groups in total. The zero-order valence-corrected chi connectivity index (χ0v) is 19.2. The maximum Gasteiger partial charge on any atom is 0.408 e. The van der Waals surface area contributed by atoms with Gasteiger partial charge in [-0.25, -0.2) is 9.59 Å². The summed E-state index contributed by atoms with van der Waals surface area (Å²) >= 11 is 2.19. The fourth-order valence-corrected chi connectivity index (χ4v) is 3.28. The van der Waals surface area contributed by atoms with E-state index in [9.17, 15) is 9.59 Å². The van der Waals surface area contributed by atoms with Crippen LogP contribution in [0.1, 0.15) is 31.9 Å². The number of amides is 1. The van der Waals surface area contributed by atoms with Crippen molar-refractivity contribution >= 4 is 34.7 Å². The first-order chi connectivity index (χ1) is 13.7. The highest BCUT2D eigenvalue weighted by molar-refractivity contribution is 14.1. The van der Waals surface area contributed by atoms with Gasteiger partial charge in [0.1, 0.15) is 24.0 Å². The summed E-state index contributed by atoms with van der Waals surface area (Å²) in [6, 6.07) is 14.7. The van der Waals surface area contributed by atoms with E-state index < -0.39 is 23.7 Å². The van der Waals surface area contributed by atoms with Gasteiger partial charge in [0.25, 0.3) is 0 Å². The van der Waals surface area contributed by atoms with Crippen molar-refractivity contribution in [3.63, 3.8) is 0 Å². The second kappa shape index (κ2) is 10.5. The molecule has 1 atom stereocenters. The van der Waals surface area contributed by atoms with Crippen LogP contribution in [-0.4, -0.2) is 30.8 Å². The van der Waals surface area contributed by atoms with Gasteiger partial charge >= 0.3 is 12.1 Å². The number of carbonyl (C=O) groups is 2. The normalized spacial score (nSPS) is 12.0. The van der Waals surface area contributed by atoms with Gasteiger partial charge in [0, 0.05) is 6.42 Å². The standard InChI is InChI=1S/C22H26INO5/c1-22(2,3)29-21(26)24-18(20(25)27-4)13-16-10-11-19(17(23)12-16)28-14-15-8-6-5-7-9-15/h5-12,18H,13-14H2,1-4H3,(H,24,26)/t18-/m0/s1. The minimum Gasteiger partial charge on any atom is -0.488 e. The average Bonchev–Trinajstić information content (AvgIpc) is 2.65. The monoisotopic (exact) mass is 511 g/mol. The zero-order valence-electron chi connectivity index (χ0n) is 17.0. The van der Waals surface area contributed by atoms with Crippen LogP contribution in [0, 0.1) is 3.57 Å². The Balaban J connectivity index is 2.04. The lowest BCUT2D eigenvalue weighted by molar-refractivity contribution is -0.143. The zero-order chi connectivity index (χ0) is 21.4. The summed E-state index contributed by atoms with van der Waals surface area (Å²) in [6.07, 6.45) is -0.383. The summed E-state index contributed by atoms with van der Waals surface area (Å²) in [5, 5.41) is 2.58. The van der Waals surface area contributed by atoms with E-state index >= 15 is 0 Å². The number of methoxy groups -OCH3 is 1. The van der Waals surface area contributed by atoms with Crippen molar-refractivity contribution in [2.75, 3.05) is 7.11 Å². The number of carbonyl (C=O) groups excluding carboxylic acids is 2. The van der Waals surface area contributed by atoms with Gasteiger partial charge in [-0.1, -0.05) is 36.4 Å². The molecule has 0 saturated heterocycles. The Morgan fingerprint density at radius 3 is 2.34 bits per heavy atom. The van der Waals surface area contributed by atoms with Crippen LogP contribution < -0.4 is 10.1 Å². The third-order valence-electron chi connectivity index (χ3n) is 3.85. The summed E-state index contributed by atoms with van der Waals surface area (Å²) in [4.78, 5) is 24.2. The molecule has 0 aliphatic carbocycles. The number of alkyl carbamates (subject to hydrolysis) is 1. The molecular formula is C22H26INO5. The van der Waals surface area contributed by atoms with Gasteiger partial charge in [-0.05, 0) is 66.6 Å². The molecule has 0 spiro atoms. The molecule has 0 aromatic heterocycles. The molecule has 2 aromatic carbocycles. The lowest BCUT2D eigenvalue weighted by atomic mass is 10.1. The summed E-state index contributed by atoms with van der Waals surface area (Å²) in [5.74, 6) is 0.225. The number of nitrogens with one attached hydrogen (secondary N) is 1. The smallest absolute Gasteiger partial charge is 0.408 e. The van der Waals surface area contributed by atoms with Crippen molar-refractivity contribution in [3.05, 3.63) is 63.2 Å². The van der Waals surface area contributed by atoms with Crippen molar-refractivity contribution in [2.24, 2.45) is 0 Å². The lowest BCUT2D eigenvalue weighted by Gasteiger charge is -2.22. The third kappa shape index (κ3) is 7.92. The van der Waals surface area contributed by atoms with E-state index in [0.29, 0.717) is 6.61 Å². The van der Waals surface area contributed by atoms with Crippen LogP contribution in [-0.2, 0) is 27.3 Å². The number of benzene rings is 2. The number of halogens is 1. The maximum atomic E-state index is 12.1. The van der Waals surface area contributed by atoms with E-state index in [2.05, 4.69) is 27.9 Å². The highest BCUT2D eigenvalue weighted by Crippen LogP contribution is 2.24. The molecule has 2 rings (SSSR count). The Labute approximate surface area is 185 Å². The van der Waals surface area contributed by atoms with Crippen molar-refractivity contribution in [1.29, 1.82) is 0 Å². The first-order valence-corrected chi connectivity index (χ1v) is 10.3. The molecule has 0 aliphatic heterocycles. The van der Waals surface area contributed by atoms with E-state index in [1.54, 1.807) is 20.8 Å². The van der Waals surface area contributed by atoms with E-state index in [-0.39, 0.29) is 6.42 Å². The molecule has 0 fully saturated rings. The summed E-state index contributed by atoms with van der Waals surface area (Å²) in [7, 11) is 1.29. The molecule has 0 bridgehead atoms. The number of rotatable bonds is 7. The molecule has 0 aliphatic rings. The maximum absolute atomic E-state index is 12.1. The largest absolute Gasteiger partial charge is 0.488 e. The Kier molecular flexibility index (Phi) is 8.31. The Bertz CT molecular complexity index is 833. The van der Waals surface area contributed by atoms with Crippen LogP contribution in [0.5, 0.6) is 5.75 Å². The number of esters is 1. The molecule has 0 unspecified atom stereocenters. The van der Waals surface area contributed by atoms with Crippen molar-refractivity contribution in [1.82, 2.24) is 5.32 Å². The molecule has 6 nitrogen and oxygen atoms in total. The molecule has 156 valence electrons. The molecule has 29 heavy (non-hydrogen) atoms.